The lowest BCUT2D eigenvalue weighted by Crippen LogP contribution is -1.88. The Labute approximate surface area is 67.0 Å². The highest BCUT2D eigenvalue weighted by Crippen LogP contribution is 2.14. The van der Waals surface area contributed by atoms with Crippen LogP contribution in [0.15, 0.2) is 18.3 Å². The number of pyridine rings is 1. The fourth-order valence-electron chi connectivity index (χ4n) is 0.516. The van der Waals surface area contributed by atoms with E-state index in [1.165, 1.54) is 0 Å². The Morgan fingerprint density at radius 2 is 1.92 bits per heavy atom. The van der Waals surface area contributed by atoms with Crippen LogP contribution in [0.3, 0.4) is 0 Å². The highest BCUT2D eigenvalue weighted by Gasteiger charge is 2.06. The van der Waals surface area contributed by atoms with Crippen LogP contribution in [-0.4, -0.2) is 11.8 Å². The molecule has 0 amide bonds. The third-order valence-corrected chi connectivity index (χ3v) is 0.974. The summed E-state index contributed by atoms with van der Waals surface area (Å²) in [5.41, 5.74) is -0.401. The average molecular weight is 177 g/mol. The first-order valence-corrected chi connectivity index (χ1v) is 2.88. The van der Waals surface area contributed by atoms with Crippen LogP contribution >= 0.6 is 0 Å². The fourth-order valence-corrected chi connectivity index (χ4v) is 0.516. The summed E-state index contributed by atoms with van der Waals surface area (Å²) in [6.07, 6.45) is -1.86. The lowest BCUT2D eigenvalue weighted by molar-refractivity contribution is -0.0979. The molecule has 2 nitrogen and oxygen atoms in total. The molecule has 0 aromatic carbocycles. The van der Waals surface area contributed by atoms with E-state index in [-0.39, 0.29) is 0 Å². The second-order valence-corrected chi connectivity index (χ2v) is 1.70. The van der Waals surface area contributed by atoms with Crippen LogP contribution in [0.5, 0.6) is 0 Å². The second kappa shape index (κ2) is 5.29. The molecular weight excluding hydrogens is 171 g/mol. The summed E-state index contributed by atoms with van der Waals surface area (Å²) in [4.78, 5) is 11.2. The van der Waals surface area contributed by atoms with Crippen molar-refractivity contribution in [3.05, 3.63) is 29.8 Å². The number of carbonyl (C=O) groups is 1. The molecule has 0 aliphatic rings. The maximum Gasteiger partial charge on any atom is 0.280 e. The van der Waals surface area contributed by atoms with E-state index >= 15 is 0 Å². The minimum atomic E-state index is -2.62. The van der Waals surface area contributed by atoms with Crippen molar-refractivity contribution in [1.82, 2.24) is 4.98 Å². The summed E-state index contributed by atoms with van der Waals surface area (Å²) in [5, 5.41) is 0. The van der Waals surface area contributed by atoms with E-state index in [1.807, 2.05) is 6.79 Å². The van der Waals surface area contributed by atoms with Gasteiger partial charge in [-0.15, -0.1) is 0 Å². The molecule has 0 N–H and O–H groups in total. The molecule has 1 rings (SSSR count). The Balaban J connectivity index is 0.000000561. The molecule has 0 aliphatic carbocycles. The summed E-state index contributed by atoms with van der Waals surface area (Å²) >= 11 is 0. The lowest BCUT2D eigenvalue weighted by Gasteiger charge is -1.95. The van der Waals surface area contributed by atoms with E-state index in [4.69, 9.17) is 4.79 Å². The number of halogens is 3. The molecule has 0 unspecified atom stereocenters. The SMILES string of the molecule is C=O.Fc1ccc(C(F)F)nc1. The van der Waals surface area contributed by atoms with Crippen LogP contribution in [0.4, 0.5) is 13.2 Å². The Morgan fingerprint density at radius 1 is 1.33 bits per heavy atom. The van der Waals surface area contributed by atoms with Gasteiger partial charge in [-0.2, -0.15) is 0 Å². The summed E-state index contributed by atoms with van der Waals surface area (Å²) in [7, 11) is 0. The van der Waals surface area contributed by atoms with Crippen LogP contribution in [0.1, 0.15) is 12.1 Å². The van der Waals surface area contributed by atoms with Gasteiger partial charge in [0.1, 0.15) is 18.3 Å². The predicted molar refractivity (Wildman–Crippen MR) is 36.3 cm³/mol. The number of alkyl halides is 2. The number of aromatic nitrogens is 1. The molecule has 5 heteroatoms. The van der Waals surface area contributed by atoms with Gasteiger partial charge in [0.25, 0.3) is 6.43 Å². The van der Waals surface area contributed by atoms with Crippen LogP contribution in [0, 0.1) is 5.82 Å². The first-order chi connectivity index (χ1) is 5.70. The van der Waals surface area contributed by atoms with Gasteiger partial charge in [-0.25, -0.2) is 13.2 Å². The number of hydrogen-bond acceptors (Lipinski definition) is 2. The number of rotatable bonds is 1. The van der Waals surface area contributed by atoms with Gasteiger partial charge in [0.15, 0.2) is 0 Å². The molecule has 0 saturated heterocycles. The van der Waals surface area contributed by atoms with E-state index in [9.17, 15) is 13.2 Å². The van der Waals surface area contributed by atoms with Gasteiger partial charge in [-0.05, 0) is 12.1 Å². The Morgan fingerprint density at radius 3 is 2.25 bits per heavy atom. The molecule has 12 heavy (non-hydrogen) atoms. The summed E-state index contributed by atoms with van der Waals surface area (Å²) < 4.78 is 35.5. The van der Waals surface area contributed by atoms with Crippen molar-refractivity contribution < 1.29 is 18.0 Å². The van der Waals surface area contributed by atoms with Gasteiger partial charge in [0.2, 0.25) is 0 Å². The zero-order valence-corrected chi connectivity index (χ0v) is 6.01. The summed E-state index contributed by atoms with van der Waals surface area (Å²) in [6, 6.07) is 1.91. The summed E-state index contributed by atoms with van der Waals surface area (Å²) in [6.45, 7) is 2.00. The van der Waals surface area contributed by atoms with Crippen molar-refractivity contribution in [2.75, 3.05) is 0 Å². The largest absolute Gasteiger partial charge is 0.307 e. The zero-order valence-electron chi connectivity index (χ0n) is 6.01. The minimum absolute atomic E-state index is 0.401. The molecular formula is C7H6F3NO. The topological polar surface area (TPSA) is 30.0 Å². The van der Waals surface area contributed by atoms with Crippen LogP contribution in [0.25, 0.3) is 0 Å². The highest BCUT2D eigenvalue weighted by molar-refractivity contribution is 5.11. The normalized spacial score (nSPS) is 9.00. The maximum absolute atomic E-state index is 12.0. The van der Waals surface area contributed by atoms with Crippen molar-refractivity contribution >= 4 is 6.79 Å². The molecule has 0 atom stereocenters. The number of carbonyl (C=O) groups excluding carboxylic acids is 1. The molecule has 66 valence electrons. The monoisotopic (exact) mass is 177 g/mol. The third-order valence-electron chi connectivity index (χ3n) is 0.974. The van der Waals surface area contributed by atoms with E-state index in [0.29, 0.717) is 0 Å². The molecule has 1 aromatic heterocycles. The van der Waals surface area contributed by atoms with Gasteiger partial charge in [0.05, 0.1) is 6.20 Å². The predicted octanol–water partition coefficient (Wildman–Crippen LogP) is 1.97. The quantitative estimate of drug-likeness (QED) is 0.656. The number of hydrogen-bond donors (Lipinski definition) is 0. The van der Waals surface area contributed by atoms with Gasteiger partial charge in [0, 0.05) is 0 Å². The maximum atomic E-state index is 12.0. The first kappa shape index (κ1) is 10.6. The minimum Gasteiger partial charge on any atom is -0.307 e. The van der Waals surface area contributed by atoms with E-state index < -0.39 is 17.9 Å². The molecule has 1 heterocycles. The second-order valence-electron chi connectivity index (χ2n) is 1.70. The average Bonchev–Trinajstić information content (AvgIpc) is 2.09. The summed E-state index contributed by atoms with van der Waals surface area (Å²) in [5.74, 6) is -0.607. The van der Waals surface area contributed by atoms with Crippen LogP contribution < -0.4 is 0 Å². The van der Waals surface area contributed by atoms with Crippen LogP contribution in [-0.2, 0) is 4.79 Å². The van der Waals surface area contributed by atoms with Gasteiger partial charge < -0.3 is 4.79 Å². The van der Waals surface area contributed by atoms with Crippen molar-refractivity contribution in [2.24, 2.45) is 0 Å². The van der Waals surface area contributed by atoms with Crippen molar-refractivity contribution in [3.8, 4) is 0 Å². The smallest absolute Gasteiger partial charge is 0.280 e. The fraction of sp³-hybridized carbons (Fsp3) is 0.143. The Kier molecular flexibility index (Phi) is 4.67. The number of nitrogens with zero attached hydrogens (tertiary/aromatic N) is 1. The molecule has 0 radical (unpaired) electrons. The van der Waals surface area contributed by atoms with Crippen molar-refractivity contribution in [3.63, 3.8) is 0 Å². The zero-order chi connectivity index (χ0) is 9.56. The van der Waals surface area contributed by atoms with Gasteiger partial charge in [-0.1, -0.05) is 0 Å². The Bertz CT molecular complexity index is 225. The Hall–Kier alpha value is -1.39. The van der Waals surface area contributed by atoms with Crippen molar-refractivity contribution in [1.29, 1.82) is 0 Å². The van der Waals surface area contributed by atoms with Gasteiger partial charge >= 0.3 is 0 Å². The standard InChI is InChI=1S/C6H4F3N.CH2O/c7-4-1-2-5(6(8)9)10-3-4;1-2/h1-3,6H;1H2. The highest BCUT2D eigenvalue weighted by atomic mass is 19.3. The van der Waals surface area contributed by atoms with Crippen molar-refractivity contribution in [2.45, 2.75) is 6.43 Å². The first-order valence-electron chi connectivity index (χ1n) is 2.88. The molecule has 0 fully saturated rings. The molecule has 0 bridgehead atoms. The third kappa shape index (κ3) is 3.14. The molecule has 0 saturated carbocycles. The molecule has 0 spiro atoms. The molecule has 0 aliphatic heterocycles. The lowest BCUT2D eigenvalue weighted by atomic mass is 10.4. The van der Waals surface area contributed by atoms with E-state index in [0.717, 1.165) is 18.3 Å². The van der Waals surface area contributed by atoms with E-state index in [1.54, 1.807) is 0 Å². The van der Waals surface area contributed by atoms with E-state index in [2.05, 4.69) is 4.98 Å². The van der Waals surface area contributed by atoms with Gasteiger partial charge in [-0.3, -0.25) is 4.98 Å². The molecule has 1 aromatic rings. The van der Waals surface area contributed by atoms with Crippen LogP contribution in [0.2, 0.25) is 0 Å².